The normalized spacial score (nSPS) is 12.0. The Morgan fingerprint density at radius 3 is 2.32 bits per heavy atom. The van der Waals surface area contributed by atoms with Crippen molar-refractivity contribution >= 4 is 34.5 Å². The van der Waals surface area contributed by atoms with Crippen molar-refractivity contribution in [2.45, 2.75) is 26.0 Å². The first-order chi connectivity index (χ1) is 17.8. The number of carboxylic acid groups (broad SMARTS) is 1. The molecule has 0 spiro atoms. The maximum atomic E-state index is 12.5. The third-order valence-corrected chi connectivity index (χ3v) is 5.10. The fraction of sp³-hybridized carbons (Fsp3) is 0.185. The quantitative estimate of drug-likeness (QED) is 0.362. The number of nitrogens with one attached hydrogen (secondary N) is 1. The molecule has 3 aromatic carbocycles. The Morgan fingerprint density at radius 2 is 1.68 bits per heavy atom. The molecular formula is C27H27ClN4O5. The number of benzene rings is 3. The molecule has 4 aromatic rings. The first-order valence-corrected chi connectivity index (χ1v) is 11.9. The molecule has 0 aliphatic heterocycles. The van der Waals surface area contributed by atoms with Gasteiger partial charge in [-0.25, -0.2) is 9.97 Å². The van der Waals surface area contributed by atoms with E-state index in [0.717, 1.165) is 6.54 Å². The molecule has 1 amide bonds. The molecule has 37 heavy (non-hydrogen) atoms. The lowest BCUT2D eigenvalue weighted by Crippen LogP contribution is -2.48. The smallest absolute Gasteiger partial charge is 0.261 e. The molecule has 2 unspecified atom stereocenters. The monoisotopic (exact) mass is 522 g/mol. The highest BCUT2D eigenvalue weighted by molar-refractivity contribution is 6.31. The minimum Gasteiger partial charge on any atom is -0.548 e. The zero-order valence-electron chi connectivity index (χ0n) is 20.4. The molecule has 4 rings (SSSR count). The van der Waals surface area contributed by atoms with Crippen molar-refractivity contribution in [2.75, 3.05) is 6.54 Å². The zero-order valence-corrected chi connectivity index (χ0v) is 21.1. The molecule has 0 radical (unpaired) electrons. The lowest BCUT2D eigenvalue weighted by molar-refractivity contribution is -0.361. The van der Waals surface area contributed by atoms with E-state index in [2.05, 4.69) is 21.0 Å². The first-order valence-electron chi connectivity index (χ1n) is 11.5. The molecule has 1 heterocycles. The number of halogens is 1. The van der Waals surface area contributed by atoms with Crippen LogP contribution in [0.5, 0.6) is 17.4 Å². The molecule has 10 heteroatoms. The summed E-state index contributed by atoms with van der Waals surface area (Å²) in [6.07, 6.45) is 0.547. The van der Waals surface area contributed by atoms with Crippen LogP contribution in [-0.4, -0.2) is 34.5 Å². The minimum atomic E-state index is -1.41. The van der Waals surface area contributed by atoms with E-state index in [0.29, 0.717) is 39.0 Å². The van der Waals surface area contributed by atoms with E-state index in [1.54, 1.807) is 72.8 Å². The largest absolute Gasteiger partial charge is 0.548 e. The second kappa shape index (κ2) is 13.2. The topological polar surface area (TPSA) is 141 Å². The second-order valence-electron chi connectivity index (χ2n) is 7.85. The fourth-order valence-electron chi connectivity index (χ4n) is 3.16. The Labute approximate surface area is 219 Å². The zero-order chi connectivity index (χ0) is 26.8. The third kappa shape index (κ3) is 7.89. The van der Waals surface area contributed by atoms with Crippen LogP contribution in [0.25, 0.3) is 11.0 Å². The van der Waals surface area contributed by atoms with Gasteiger partial charge in [0.2, 0.25) is 5.88 Å². The lowest BCUT2D eigenvalue weighted by atomic mass is 10.1. The number of carbonyl (C=O) groups excluding carboxylic acids is 2. The van der Waals surface area contributed by atoms with Crippen LogP contribution in [0.1, 0.15) is 25.5 Å². The molecule has 1 aromatic heterocycles. The number of hydrogen-bond acceptors (Lipinski definition) is 7. The molecule has 4 N–H and O–H groups in total. The van der Waals surface area contributed by atoms with Gasteiger partial charge in [-0.3, -0.25) is 4.79 Å². The number of rotatable bonds is 8. The van der Waals surface area contributed by atoms with E-state index in [1.165, 1.54) is 13.1 Å². The van der Waals surface area contributed by atoms with Gasteiger partial charge in [-0.05, 0) is 61.9 Å². The molecule has 0 aliphatic carbocycles. The van der Waals surface area contributed by atoms with Gasteiger partial charge in [-0.15, -0.1) is 0 Å². The Morgan fingerprint density at radius 1 is 1.03 bits per heavy atom. The van der Waals surface area contributed by atoms with Crippen LogP contribution in [0, 0.1) is 0 Å². The van der Waals surface area contributed by atoms with Gasteiger partial charge in [-0.2, -0.15) is 0 Å². The number of carboxylic acids is 1. The summed E-state index contributed by atoms with van der Waals surface area (Å²) < 4.78 is 11.4. The van der Waals surface area contributed by atoms with Crippen molar-refractivity contribution in [1.82, 2.24) is 15.3 Å². The number of ether oxygens (including phenoxy) is 2. The van der Waals surface area contributed by atoms with E-state index in [4.69, 9.17) is 21.1 Å². The van der Waals surface area contributed by atoms with Crippen LogP contribution in [0.15, 0.2) is 79.0 Å². The summed E-state index contributed by atoms with van der Waals surface area (Å²) in [5, 5.41) is 14.5. The van der Waals surface area contributed by atoms with Crippen molar-refractivity contribution in [3.63, 3.8) is 0 Å². The summed E-state index contributed by atoms with van der Waals surface area (Å²) in [5.41, 5.74) is 5.19. The molecule has 0 aliphatic rings. The molecule has 9 nitrogen and oxygen atoms in total. The minimum absolute atomic E-state index is 0.311. The Hall–Kier alpha value is -4.21. The van der Waals surface area contributed by atoms with Crippen LogP contribution in [0.2, 0.25) is 5.02 Å². The summed E-state index contributed by atoms with van der Waals surface area (Å²) in [4.78, 5) is 32.7. The molecule has 0 bridgehead atoms. The summed E-state index contributed by atoms with van der Waals surface area (Å²) in [5.74, 6) is -0.796. The van der Waals surface area contributed by atoms with E-state index < -0.39 is 24.0 Å². The Kier molecular flexibility index (Phi) is 9.76. The van der Waals surface area contributed by atoms with Gasteiger partial charge in [0.15, 0.2) is 6.10 Å². The van der Waals surface area contributed by atoms with Gasteiger partial charge in [-0.1, -0.05) is 41.9 Å². The standard InChI is InChI=1S/C25H20ClN3O5.C2H7N/c1-15(24(30)29-23(25(31)32)16-5-3-2-4-6-16)33-18-8-10-19(11-9-18)34-22-14-27-21-13-17(26)7-12-20(21)28-22;1-2-3/h2-15,23H,1H3,(H,29,30)(H,31,32);2-3H2,1H3. The number of quaternary nitrogens is 1. The van der Waals surface area contributed by atoms with Crippen LogP contribution in [0.4, 0.5) is 0 Å². The third-order valence-electron chi connectivity index (χ3n) is 4.87. The van der Waals surface area contributed by atoms with Crippen LogP contribution < -0.4 is 25.6 Å². The van der Waals surface area contributed by atoms with Crippen LogP contribution in [-0.2, 0) is 9.59 Å². The number of nitrogens with zero attached hydrogens (tertiary/aromatic N) is 2. The van der Waals surface area contributed by atoms with Crippen molar-refractivity contribution in [3.05, 3.63) is 89.6 Å². The average molecular weight is 523 g/mol. The van der Waals surface area contributed by atoms with E-state index >= 15 is 0 Å². The summed E-state index contributed by atoms with van der Waals surface area (Å²) >= 11 is 5.96. The maximum absolute atomic E-state index is 12.5. The number of aliphatic carboxylic acids is 1. The Bertz CT molecular complexity index is 1340. The molecule has 0 saturated heterocycles. The number of aromatic nitrogens is 2. The van der Waals surface area contributed by atoms with Gasteiger partial charge in [0.05, 0.1) is 35.8 Å². The van der Waals surface area contributed by atoms with Crippen LogP contribution >= 0.6 is 11.6 Å². The Balaban J connectivity index is 0.00000121. The van der Waals surface area contributed by atoms with E-state index in [9.17, 15) is 14.7 Å². The maximum Gasteiger partial charge on any atom is 0.261 e. The number of amides is 1. The average Bonchev–Trinajstić information content (AvgIpc) is 2.89. The van der Waals surface area contributed by atoms with Gasteiger partial charge in [0.1, 0.15) is 11.5 Å². The van der Waals surface area contributed by atoms with Crippen LogP contribution in [0.3, 0.4) is 0 Å². The molecule has 192 valence electrons. The summed E-state index contributed by atoms with van der Waals surface area (Å²) in [7, 11) is 0. The van der Waals surface area contributed by atoms with E-state index in [1.807, 2.05) is 6.92 Å². The summed E-state index contributed by atoms with van der Waals surface area (Å²) in [6.45, 7) is 4.54. The highest BCUT2D eigenvalue weighted by atomic mass is 35.5. The lowest BCUT2D eigenvalue weighted by Gasteiger charge is -2.22. The SMILES string of the molecule is CC(Oc1ccc(Oc2cnc3cc(Cl)ccc3n2)cc1)C(=O)NC(C(=O)[O-])c1ccccc1.CC[NH3+]. The number of fused-ring (bicyclic) bond motifs is 1. The van der Waals surface area contributed by atoms with Gasteiger partial charge >= 0.3 is 0 Å². The number of hydrogen-bond donors (Lipinski definition) is 2. The fourth-order valence-corrected chi connectivity index (χ4v) is 3.33. The molecule has 2 atom stereocenters. The molecule has 0 fully saturated rings. The second-order valence-corrected chi connectivity index (χ2v) is 8.28. The number of carbonyl (C=O) groups is 2. The predicted molar refractivity (Wildman–Crippen MR) is 137 cm³/mol. The van der Waals surface area contributed by atoms with Crippen molar-refractivity contribution < 1.29 is 29.9 Å². The van der Waals surface area contributed by atoms with Gasteiger partial charge < -0.3 is 30.4 Å². The van der Waals surface area contributed by atoms with Crippen molar-refractivity contribution in [2.24, 2.45) is 0 Å². The van der Waals surface area contributed by atoms with Crippen molar-refractivity contribution in [1.29, 1.82) is 0 Å². The predicted octanol–water partition coefficient (Wildman–Crippen LogP) is 2.70. The highest BCUT2D eigenvalue weighted by Crippen LogP contribution is 2.25. The first kappa shape index (κ1) is 27.4. The van der Waals surface area contributed by atoms with Crippen molar-refractivity contribution in [3.8, 4) is 17.4 Å². The van der Waals surface area contributed by atoms with E-state index in [-0.39, 0.29) is 0 Å². The highest BCUT2D eigenvalue weighted by Gasteiger charge is 2.21. The molecular weight excluding hydrogens is 496 g/mol. The molecule has 0 saturated carbocycles. The van der Waals surface area contributed by atoms with Gasteiger partial charge in [0, 0.05) is 5.02 Å². The summed E-state index contributed by atoms with van der Waals surface area (Å²) in [6, 6.07) is 18.8. The van der Waals surface area contributed by atoms with Gasteiger partial charge in [0.25, 0.3) is 5.91 Å².